The summed E-state index contributed by atoms with van der Waals surface area (Å²) in [4.78, 5) is 39.6. The van der Waals surface area contributed by atoms with Gasteiger partial charge in [-0.05, 0) is 0 Å². The third-order valence-corrected chi connectivity index (χ3v) is 1.26. The molecule has 1 saturated heterocycles. The smallest absolute Gasteiger partial charge is 0.328 e. The van der Waals surface area contributed by atoms with E-state index in [4.69, 9.17) is 10.2 Å². The van der Waals surface area contributed by atoms with Gasteiger partial charge in [0.15, 0.2) is 0 Å². The quantitative estimate of drug-likeness (QED) is 0.446. The van der Waals surface area contributed by atoms with Crippen molar-refractivity contribution in [1.82, 2.24) is 10.6 Å². The number of hydrogen-bond donors (Lipinski definition) is 4. The minimum atomic E-state index is -1.26. The van der Waals surface area contributed by atoms with Gasteiger partial charge in [-0.2, -0.15) is 0 Å². The number of aliphatic carboxylic acids is 2. The molecule has 1 heterocycles. The molecular weight excluding hydrogens is 220 g/mol. The molecule has 0 aromatic carbocycles. The second-order valence-corrected chi connectivity index (χ2v) is 2.56. The van der Waals surface area contributed by atoms with E-state index in [1.165, 1.54) is 0 Å². The van der Waals surface area contributed by atoms with E-state index in [-0.39, 0.29) is 11.9 Å². The third-order valence-electron chi connectivity index (χ3n) is 1.26. The Labute approximate surface area is 89.9 Å². The van der Waals surface area contributed by atoms with Crippen LogP contribution in [0.1, 0.15) is 6.42 Å². The van der Waals surface area contributed by atoms with Crippen LogP contribution in [0.25, 0.3) is 0 Å². The van der Waals surface area contributed by atoms with Gasteiger partial charge in [-0.25, -0.2) is 14.4 Å². The minimum Gasteiger partial charge on any atom is -0.478 e. The van der Waals surface area contributed by atoms with E-state index in [0.29, 0.717) is 25.1 Å². The summed E-state index contributed by atoms with van der Waals surface area (Å²) in [6.45, 7) is 0.463. The van der Waals surface area contributed by atoms with E-state index in [1.54, 1.807) is 0 Å². The number of nitrogens with one attached hydrogen (secondary N) is 2. The van der Waals surface area contributed by atoms with Crippen LogP contribution < -0.4 is 10.6 Å². The molecule has 1 aliphatic rings. The van der Waals surface area contributed by atoms with Crippen molar-refractivity contribution in [3.63, 3.8) is 0 Å². The molecule has 0 unspecified atom stereocenters. The highest BCUT2D eigenvalue weighted by atomic mass is 16.4. The van der Waals surface area contributed by atoms with Gasteiger partial charge in [0.2, 0.25) is 5.91 Å². The van der Waals surface area contributed by atoms with Crippen molar-refractivity contribution in [3.05, 3.63) is 12.2 Å². The van der Waals surface area contributed by atoms with Gasteiger partial charge in [-0.1, -0.05) is 0 Å². The number of carbonyl (C=O) groups excluding carboxylic acids is 2. The number of carboxylic acids is 2. The fourth-order valence-corrected chi connectivity index (χ4v) is 0.665. The molecule has 0 radical (unpaired) electrons. The lowest BCUT2D eigenvalue weighted by Crippen LogP contribution is -2.46. The van der Waals surface area contributed by atoms with Crippen molar-refractivity contribution in [3.8, 4) is 0 Å². The maximum absolute atomic E-state index is 10.3. The Morgan fingerprint density at radius 2 is 1.62 bits per heavy atom. The van der Waals surface area contributed by atoms with Gasteiger partial charge in [-0.3, -0.25) is 10.1 Å². The van der Waals surface area contributed by atoms with Crippen LogP contribution in [0, 0.1) is 0 Å². The van der Waals surface area contributed by atoms with Gasteiger partial charge in [0.05, 0.1) is 0 Å². The Balaban J connectivity index is 0.000000281. The number of hydrogen-bond acceptors (Lipinski definition) is 4. The van der Waals surface area contributed by atoms with Crippen LogP contribution in [0.2, 0.25) is 0 Å². The van der Waals surface area contributed by atoms with E-state index in [1.807, 2.05) is 0 Å². The maximum Gasteiger partial charge on any atom is 0.328 e. The molecule has 0 aromatic rings. The molecule has 0 saturated carbocycles. The summed E-state index contributed by atoms with van der Waals surface area (Å²) < 4.78 is 0. The van der Waals surface area contributed by atoms with E-state index < -0.39 is 11.9 Å². The summed E-state index contributed by atoms with van der Waals surface area (Å²) in [6, 6.07) is -0.388. The highest BCUT2D eigenvalue weighted by Gasteiger charge is 2.11. The highest BCUT2D eigenvalue weighted by Crippen LogP contribution is 1.82. The summed E-state index contributed by atoms with van der Waals surface area (Å²) in [7, 11) is 0. The average molecular weight is 230 g/mol. The molecule has 3 amide bonds. The minimum absolute atomic E-state index is 0.200. The Morgan fingerprint density at radius 1 is 1.12 bits per heavy atom. The largest absolute Gasteiger partial charge is 0.478 e. The van der Waals surface area contributed by atoms with E-state index in [2.05, 4.69) is 10.6 Å². The highest BCUT2D eigenvalue weighted by molar-refractivity contribution is 5.96. The topological polar surface area (TPSA) is 133 Å². The molecule has 0 spiro atoms. The molecule has 0 aliphatic carbocycles. The lowest BCUT2D eigenvalue weighted by atomic mass is 10.3. The molecule has 16 heavy (non-hydrogen) atoms. The van der Waals surface area contributed by atoms with Crippen LogP contribution in [0.15, 0.2) is 12.2 Å². The fourth-order valence-electron chi connectivity index (χ4n) is 0.665. The predicted octanol–water partition coefficient (Wildman–Crippen LogP) is -1.07. The van der Waals surface area contributed by atoms with Gasteiger partial charge in [0.25, 0.3) is 0 Å². The molecule has 4 N–H and O–H groups in total. The van der Waals surface area contributed by atoms with Crippen molar-refractivity contribution in [2.75, 3.05) is 6.54 Å². The molecule has 8 nitrogen and oxygen atoms in total. The van der Waals surface area contributed by atoms with Crippen LogP contribution in [0.5, 0.6) is 0 Å². The van der Waals surface area contributed by atoms with Gasteiger partial charge in [0, 0.05) is 25.1 Å². The summed E-state index contributed by atoms with van der Waals surface area (Å²) in [5, 5.41) is 20.2. The second-order valence-electron chi connectivity index (χ2n) is 2.56. The SMILES string of the molecule is O=C(O)C=CC(=O)O.O=C1CCNC(=O)N1. The van der Waals surface area contributed by atoms with Crippen LogP contribution in [-0.2, 0) is 14.4 Å². The van der Waals surface area contributed by atoms with Gasteiger partial charge in [0.1, 0.15) is 0 Å². The zero-order valence-corrected chi connectivity index (χ0v) is 8.10. The Morgan fingerprint density at radius 3 is 1.88 bits per heavy atom. The van der Waals surface area contributed by atoms with Crippen LogP contribution >= 0.6 is 0 Å². The van der Waals surface area contributed by atoms with Crippen molar-refractivity contribution >= 4 is 23.9 Å². The third kappa shape index (κ3) is 8.23. The molecule has 8 heteroatoms. The molecule has 0 bridgehead atoms. The number of carbonyl (C=O) groups is 4. The van der Waals surface area contributed by atoms with Crippen molar-refractivity contribution in [2.24, 2.45) is 0 Å². The Kier molecular flexibility index (Phi) is 5.95. The lowest BCUT2D eigenvalue weighted by Gasteiger charge is -2.10. The number of urea groups is 1. The monoisotopic (exact) mass is 230 g/mol. The first-order valence-corrected chi connectivity index (χ1v) is 4.13. The number of carboxylic acid groups (broad SMARTS) is 2. The van der Waals surface area contributed by atoms with E-state index >= 15 is 0 Å². The summed E-state index contributed by atoms with van der Waals surface area (Å²) in [5.74, 6) is -2.71. The summed E-state index contributed by atoms with van der Waals surface area (Å²) in [5.41, 5.74) is 0. The molecular formula is C8H10N2O6. The zero-order valence-electron chi connectivity index (χ0n) is 8.10. The first kappa shape index (κ1) is 13.6. The Hall–Kier alpha value is -2.38. The molecule has 1 rings (SSSR count). The number of rotatable bonds is 2. The standard InChI is InChI=1S/C4H6N2O2.C4H4O4/c7-3-1-2-5-4(8)6-3;5-3(6)1-2-4(7)8/h1-2H2,(H2,5,6,7,8);1-2H,(H,5,6)(H,7,8). The van der Waals surface area contributed by atoms with Crippen molar-refractivity contribution < 1.29 is 29.4 Å². The average Bonchev–Trinajstić information content (AvgIpc) is 2.15. The van der Waals surface area contributed by atoms with Crippen LogP contribution in [-0.4, -0.2) is 40.6 Å². The molecule has 88 valence electrons. The first-order chi connectivity index (χ1) is 7.41. The van der Waals surface area contributed by atoms with Crippen LogP contribution in [0.3, 0.4) is 0 Å². The van der Waals surface area contributed by atoms with Crippen LogP contribution in [0.4, 0.5) is 4.79 Å². The number of imide groups is 1. The van der Waals surface area contributed by atoms with E-state index in [9.17, 15) is 19.2 Å². The summed E-state index contributed by atoms with van der Waals surface area (Å²) >= 11 is 0. The fraction of sp³-hybridized carbons (Fsp3) is 0.250. The normalized spacial score (nSPS) is 14.5. The number of amides is 3. The van der Waals surface area contributed by atoms with Gasteiger partial charge >= 0.3 is 18.0 Å². The molecule has 0 aromatic heterocycles. The molecule has 1 aliphatic heterocycles. The molecule has 1 fully saturated rings. The predicted molar refractivity (Wildman–Crippen MR) is 50.6 cm³/mol. The van der Waals surface area contributed by atoms with Gasteiger partial charge < -0.3 is 15.5 Å². The maximum atomic E-state index is 10.3. The first-order valence-electron chi connectivity index (χ1n) is 4.13. The van der Waals surface area contributed by atoms with Crippen molar-refractivity contribution in [1.29, 1.82) is 0 Å². The zero-order chi connectivity index (χ0) is 12.6. The lowest BCUT2D eigenvalue weighted by molar-refractivity contribution is -0.134. The molecule has 0 atom stereocenters. The van der Waals surface area contributed by atoms with Gasteiger partial charge in [-0.15, -0.1) is 0 Å². The van der Waals surface area contributed by atoms with E-state index in [0.717, 1.165) is 0 Å². The summed E-state index contributed by atoms with van der Waals surface area (Å²) in [6.07, 6.45) is 1.51. The second kappa shape index (κ2) is 6.98. The Bertz CT molecular complexity index is 305. The van der Waals surface area contributed by atoms with Crippen molar-refractivity contribution in [2.45, 2.75) is 6.42 Å².